The van der Waals surface area contributed by atoms with Crippen LogP contribution >= 0.6 is 0 Å². The molecule has 0 saturated heterocycles. The Hall–Kier alpha value is -2.16. The molecule has 0 N–H and O–H groups in total. The van der Waals surface area contributed by atoms with E-state index in [1.165, 1.54) is 63.0 Å². The predicted octanol–water partition coefficient (Wildman–Crippen LogP) is 8.01. The van der Waals surface area contributed by atoms with E-state index in [1.54, 1.807) is 6.07 Å². The molecule has 2 aromatic carbocycles. The Morgan fingerprint density at radius 3 is 2.32 bits per heavy atom. The molecule has 0 aromatic heterocycles. The van der Waals surface area contributed by atoms with Gasteiger partial charge in [0.1, 0.15) is 0 Å². The van der Waals surface area contributed by atoms with E-state index in [4.69, 9.17) is 4.74 Å². The van der Waals surface area contributed by atoms with Gasteiger partial charge in [-0.25, -0.2) is 4.39 Å². The predicted molar refractivity (Wildman–Crippen MR) is 111 cm³/mol. The van der Waals surface area contributed by atoms with Gasteiger partial charge in [-0.05, 0) is 60.8 Å². The molecular weight excluding hydrogens is 354 g/mol. The molecule has 3 rings (SSSR count). The van der Waals surface area contributed by atoms with Crippen molar-refractivity contribution in [2.75, 3.05) is 0 Å². The summed E-state index contributed by atoms with van der Waals surface area (Å²) in [6, 6.07) is 10.9. The van der Waals surface area contributed by atoms with Crippen LogP contribution in [0.2, 0.25) is 0 Å². The molecule has 2 aromatic rings. The van der Waals surface area contributed by atoms with E-state index in [0.717, 1.165) is 12.2 Å². The summed E-state index contributed by atoms with van der Waals surface area (Å²) in [5.74, 6) is -0.553. The number of hydrogen-bond acceptors (Lipinski definition) is 1. The van der Waals surface area contributed by atoms with Crippen LogP contribution in [-0.2, 0) is 0 Å². The van der Waals surface area contributed by atoms with E-state index in [-0.39, 0.29) is 11.3 Å². The molecule has 0 aliphatic heterocycles. The monoisotopic (exact) mass is 384 g/mol. The van der Waals surface area contributed by atoms with Crippen LogP contribution in [0.3, 0.4) is 0 Å². The Morgan fingerprint density at radius 1 is 0.964 bits per heavy atom. The van der Waals surface area contributed by atoms with Gasteiger partial charge in [0.25, 0.3) is 0 Å². The first-order valence-corrected chi connectivity index (χ1v) is 10.5. The van der Waals surface area contributed by atoms with Gasteiger partial charge in [-0.1, -0.05) is 63.5 Å². The van der Waals surface area contributed by atoms with Crippen LogP contribution in [0.1, 0.15) is 69.8 Å². The second-order valence-corrected chi connectivity index (χ2v) is 7.86. The van der Waals surface area contributed by atoms with Crippen molar-refractivity contribution in [1.82, 2.24) is 0 Å². The minimum absolute atomic E-state index is 0.149. The van der Waals surface area contributed by atoms with Crippen molar-refractivity contribution in [3.05, 3.63) is 66.4 Å². The highest BCUT2D eigenvalue weighted by Crippen LogP contribution is 2.38. The average Bonchev–Trinajstić information content (AvgIpc) is 2.73. The van der Waals surface area contributed by atoms with Crippen molar-refractivity contribution < 1.29 is 13.5 Å². The van der Waals surface area contributed by atoms with Crippen molar-refractivity contribution in [3.8, 4) is 16.9 Å². The zero-order chi connectivity index (χ0) is 19.9. The van der Waals surface area contributed by atoms with Crippen molar-refractivity contribution in [3.63, 3.8) is 0 Å². The van der Waals surface area contributed by atoms with Crippen LogP contribution in [0.25, 0.3) is 11.1 Å². The Balaban J connectivity index is 1.65. The van der Waals surface area contributed by atoms with Gasteiger partial charge in [-0.2, -0.15) is 4.39 Å². The van der Waals surface area contributed by atoms with E-state index in [1.807, 2.05) is 12.1 Å². The molecule has 1 aliphatic carbocycles. The van der Waals surface area contributed by atoms with Crippen LogP contribution < -0.4 is 4.74 Å². The molecule has 0 unspecified atom stereocenters. The molecule has 0 bridgehead atoms. The molecule has 28 heavy (non-hydrogen) atoms. The van der Waals surface area contributed by atoms with Gasteiger partial charge >= 0.3 is 0 Å². The van der Waals surface area contributed by atoms with Crippen LogP contribution in [0.5, 0.6) is 5.75 Å². The highest BCUT2D eigenvalue weighted by molar-refractivity contribution is 5.65. The standard InChI is InChI=1S/C25H30F2O/c1-3-5-6-7-18-8-10-19(11-9-18)20-12-14-21(15-13-20)22-16-17-23(28-4-2)25(27)24(22)26/h4,12-19H,2-3,5-11H2,1H3. The fraction of sp³-hybridized carbons (Fsp3) is 0.440. The Morgan fingerprint density at radius 2 is 1.68 bits per heavy atom. The SMILES string of the molecule is C=COc1ccc(-c2ccc(C3CCC(CCCCC)CC3)cc2)c(F)c1F. The summed E-state index contributed by atoms with van der Waals surface area (Å²) in [7, 11) is 0. The number of unbranched alkanes of at least 4 members (excludes halogenated alkanes) is 2. The van der Waals surface area contributed by atoms with Crippen LogP contribution in [0, 0.1) is 17.6 Å². The zero-order valence-corrected chi connectivity index (χ0v) is 16.7. The third kappa shape index (κ3) is 4.81. The molecule has 0 radical (unpaired) electrons. The largest absolute Gasteiger partial charge is 0.462 e. The van der Waals surface area contributed by atoms with Crippen LogP contribution in [-0.4, -0.2) is 0 Å². The van der Waals surface area contributed by atoms with Gasteiger partial charge in [-0.3, -0.25) is 0 Å². The first kappa shape index (κ1) is 20.6. The van der Waals surface area contributed by atoms with Crippen molar-refractivity contribution >= 4 is 0 Å². The molecule has 1 saturated carbocycles. The number of halogens is 2. The lowest BCUT2D eigenvalue weighted by atomic mass is 9.77. The Labute approximate surface area is 167 Å². The van der Waals surface area contributed by atoms with E-state index in [9.17, 15) is 8.78 Å². The number of benzene rings is 2. The molecule has 0 heterocycles. The summed E-state index contributed by atoms with van der Waals surface area (Å²) in [6.45, 7) is 5.63. The minimum atomic E-state index is -0.983. The van der Waals surface area contributed by atoms with Crippen LogP contribution in [0.15, 0.2) is 49.2 Å². The van der Waals surface area contributed by atoms with Crippen molar-refractivity contribution in [2.45, 2.75) is 64.2 Å². The van der Waals surface area contributed by atoms with Gasteiger partial charge in [0, 0.05) is 5.56 Å². The third-order valence-corrected chi connectivity index (χ3v) is 6.01. The fourth-order valence-electron chi connectivity index (χ4n) is 4.34. The summed E-state index contributed by atoms with van der Waals surface area (Å²) in [6.07, 6.45) is 11.5. The lowest BCUT2D eigenvalue weighted by Gasteiger charge is -2.29. The summed E-state index contributed by atoms with van der Waals surface area (Å²) < 4.78 is 33.4. The quantitative estimate of drug-likeness (QED) is 0.331. The maximum Gasteiger partial charge on any atom is 0.201 e. The maximum absolute atomic E-state index is 14.4. The topological polar surface area (TPSA) is 9.23 Å². The third-order valence-electron chi connectivity index (χ3n) is 6.01. The molecule has 1 fully saturated rings. The molecule has 0 spiro atoms. The normalized spacial score (nSPS) is 19.4. The van der Waals surface area contributed by atoms with Gasteiger partial charge in [0.15, 0.2) is 11.6 Å². The summed E-state index contributed by atoms with van der Waals surface area (Å²) >= 11 is 0. The smallest absolute Gasteiger partial charge is 0.201 e. The Bertz CT molecular complexity index is 774. The first-order valence-electron chi connectivity index (χ1n) is 10.5. The molecule has 0 atom stereocenters. The van der Waals surface area contributed by atoms with Gasteiger partial charge in [-0.15, -0.1) is 0 Å². The highest BCUT2D eigenvalue weighted by Gasteiger charge is 2.22. The highest BCUT2D eigenvalue weighted by atomic mass is 19.2. The second-order valence-electron chi connectivity index (χ2n) is 7.86. The molecular formula is C25H30F2O. The van der Waals surface area contributed by atoms with E-state index in [0.29, 0.717) is 11.5 Å². The molecule has 3 heteroatoms. The van der Waals surface area contributed by atoms with E-state index >= 15 is 0 Å². The first-order chi connectivity index (χ1) is 13.6. The molecule has 0 amide bonds. The van der Waals surface area contributed by atoms with Crippen molar-refractivity contribution in [2.24, 2.45) is 5.92 Å². The number of rotatable bonds is 8. The summed E-state index contributed by atoms with van der Waals surface area (Å²) in [5.41, 5.74) is 2.24. The van der Waals surface area contributed by atoms with Gasteiger partial charge < -0.3 is 4.74 Å². The van der Waals surface area contributed by atoms with Gasteiger partial charge in [0.05, 0.1) is 6.26 Å². The molecule has 1 nitrogen and oxygen atoms in total. The lowest BCUT2D eigenvalue weighted by Crippen LogP contribution is -2.13. The van der Waals surface area contributed by atoms with E-state index < -0.39 is 11.6 Å². The zero-order valence-electron chi connectivity index (χ0n) is 16.7. The Kier molecular flexibility index (Phi) is 7.24. The average molecular weight is 385 g/mol. The summed E-state index contributed by atoms with van der Waals surface area (Å²) in [5, 5.41) is 0. The molecule has 150 valence electrons. The van der Waals surface area contributed by atoms with Crippen molar-refractivity contribution in [1.29, 1.82) is 0 Å². The lowest BCUT2D eigenvalue weighted by molar-refractivity contribution is 0.303. The number of hydrogen-bond donors (Lipinski definition) is 0. The van der Waals surface area contributed by atoms with Crippen LogP contribution in [0.4, 0.5) is 8.78 Å². The minimum Gasteiger partial charge on any atom is -0.462 e. The summed E-state index contributed by atoms with van der Waals surface area (Å²) in [4.78, 5) is 0. The number of ether oxygens (including phenoxy) is 1. The molecule has 1 aliphatic rings. The second kappa shape index (κ2) is 9.86. The van der Waals surface area contributed by atoms with Gasteiger partial charge in [0.2, 0.25) is 5.82 Å². The van der Waals surface area contributed by atoms with E-state index in [2.05, 4.69) is 25.6 Å². The fourth-order valence-corrected chi connectivity index (χ4v) is 4.34. The maximum atomic E-state index is 14.4.